The molecule has 0 saturated heterocycles. The monoisotopic (exact) mass is 326 g/mol. The Labute approximate surface area is 149 Å². The maximum Gasteiger partial charge on any atom is 0.142 e. The summed E-state index contributed by atoms with van der Waals surface area (Å²) in [6, 6.07) is 0. The molecule has 0 fully saturated rings. The van der Waals surface area contributed by atoms with Crippen LogP contribution in [0.1, 0.15) is 54.4 Å². The molecule has 24 heavy (non-hydrogen) atoms. The maximum atomic E-state index is 6.42. The Balaban J connectivity index is 3.21. The van der Waals surface area contributed by atoms with Crippen LogP contribution in [0.5, 0.6) is 0 Å². The highest BCUT2D eigenvalue weighted by molar-refractivity contribution is 5.25. The van der Waals surface area contributed by atoms with E-state index < -0.39 is 5.60 Å². The van der Waals surface area contributed by atoms with Crippen molar-refractivity contribution in [2.75, 3.05) is 0 Å². The molecule has 0 aliphatic heterocycles. The first-order valence-electron chi connectivity index (χ1n) is 8.71. The molecule has 0 bridgehead atoms. The first-order valence-corrected chi connectivity index (χ1v) is 8.71. The second-order valence-corrected chi connectivity index (χ2v) is 8.29. The van der Waals surface area contributed by atoms with Gasteiger partial charge >= 0.3 is 0 Å². The number of rotatable bonds is 6. The van der Waals surface area contributed by atoms with E-state index in [1.54, 1.807) is 0 Å². The molecule has 0 saturated carbocycles. The zero-order valence-electron chi connectivity index (χ0n) is 16.4. The lowest BCUT2D eigenvalue weighted by Gasteiger charge is -2.29. The SMILES string of the molecule is C=CCC(=CC(C)(C)C=C)OC1(C)/C=C\C=C(C)CC(C)(C)/C=C\1. The zero-order chi connectivity index (χ0) is 18.4. The van der Waals surface area contributed by atoms with E-state index in [1.807, 2.05) is 12.2 Å². The van der Waals surface area contributed by atoms with Crippen LogP contribution in [-0.4, -0.2) is 5.60 Å². The lowest BCUT2D eigenvalue weighted by molar-refractivity contribution is 0.0975. The van der Waals surface area contributed by atoms with Crippen LogP contribution in [0.4, 0.5) is 0 Å². The molecule has 1 rings (SSSR count). The van der Waals surface area contributed by atoms with Crippen LogP contribution in [0.3, 0.4) is 0 Å². The molecular weight excluding hydrogens is 292 g/mol. The standard InChI is InChI=1S/C23H34O/c1-9-12-20(18-21(4,5)10-2)24-23(8)14-11-13-19(3)17-22(6,7)15-16-23/h9-11,13-16,18H,1-2,12,17H2,3-8H3/b14-11-,16-15-,19-13?,20-18?. The van der Waals surface area contributed by atoms with Crippen LogP contribution in [-0.2, 0) is 4.74 Å². The average Bonchev–Trinajstić information content (AvgIpc) is 2.48. The summed E-state index contributed by atoms with van der Waals surface area (Å²) in [6.45, 7) is 20.8. The van der Waals surface area contributed by atoms with Gasteiger partial charge < -0.3 is 4.74 Å². The largest absolute Gasteiger partial charge is 0.484 e. The molecule has 1 aliphatic carbocycles. The van der Waals surface area contributed by atoms with Gasteiger partial charge in [0.2, 0.25) is 0 Å². The fraction of sp³-hybridized carbons (Fsp3) is 0.478. The molecule has 0 aromatic heterocycles. The van der Waals surface area contributed by atoms with Crippen LogP contribution in [0.25, 0.3) is 0 Å². The third-order valence-electron chi connectivity index (χ3n) is 4.16. The Bertz CT molecular complexity index is 581. The van der Waals surface area contributed by atoms with Crippen LogP contribution in [0.2, 0.25) is 0 Å². The first-order chi connectivity index (χ1) is 11.0. The van der Waals surface area contributed by atoms with Gasteiger partial charge in [-0.05, 0) is 43.9 Å². The van der Waals surface area contributed by atoms with Crippen LogP contribution in [0.15, 0.2) is 73.1 Å². The van der Waals surface area contributed by atoms with Gasteiger partial charge in [-0.15, -0.1) is 13.2 Å². The molecule has 0 aromatic rings. The van der Waals surface area contributed by atoms with Gasteiger partial charge in [0, 0.05) is 11.8 Å². The summed E-state index contributed by atoms with van der Waals surface area (Å²) in [5.41, 5.74) is 0.890. The van der Waals surface area contributed by atoms with E-state index in [2.05, 4.69) is 91.2 Å². The van der Waals surface area contributed by atoms with Crippen molar-refractivity contribution >= 4 is 0 Å². The molecular formula is C23H34O. The molecule has 0 aromatic carbocycles. The molecule has 0 radical (unpaired) electrons. The van der Waals surface area contributed by atoms with Crippen molar-refractivity contribution in [3.05, 3.63) is 73.1 Å². The second kappa shape index (κ2) is 7.88. The minimum atomic E-state index is -0.482. The summed E-state index contributed by atoms with van der Waals surface area (Å²) in [5, 5.41) is 0. The van der Waals surface area contributed by atoms with Crippen molar-refractivity contribution in [2.45, 2.75) is 60.0 Å². The van der Waals surface area contributed by atoms with Gasteiger partial charge in [-0.25, -0.2) is 0 Å². The minimum Gasteiger partial charge on any atom is -0.484 e. The Morgan fingerprint density at radius 3 is 2.46 bits per heavy atom. The highest BCUT2D eigenvalue weighted by Gasteiger charge is 2.25. The lowest BCUT2D eigenvalue weighted by Crippen LogP contribution is -2.24. The Morgan fingerprint density at radius 1 is 1.21 bits per heavy atom. The molecule has 1 atom stereocenters. The number of hydrogen-bond donors (Lipinski definition) is 0. The fourth-order valence-corrected chi connectivity index (χ4v) is 2.78. The average molecular weight is 327 g/mol. The van der Waals surface area contributed by atoms with Crippen molar-refractivity contribution in [2.24, 2.45) is 10.8 Å². The summed E-state index contributed by atoms with van der Waals surface area (Å²) < 4.78 is 6.42. The van der Waals surface area contributed by atoms with Gasteiger partial charge in [0.15, 0.2) is 0 Å². The summed E-state index contributed by atoms with van der Waals surface area (Å²) in [6.07, 6.45) is 18.5. The van der Waals surface area contributed by atoms with E-state index >= 15 is 0 Å². The Hall–Kier alpha value is -1.76. The summed E-state index contributed by atoms with van der Waals surface area (Å²) in [5.74, 6) is 0.921. The zero-order valence-corrected chi connectivity index (χ0v) is 16.4. The molecule has 132 valence electrons. The van der Waals surface area contributed by atoms with Crippen molar-refractivity contribution in [1.29, 1.82) is 0 Å². The molecule has 0 amide bonds. The predicted molar refractivity (Wildman–Crippen MR) is 107 cm³/mol. The summed E-state index contributed by atoms with van der Waals surface area (Å²) >= 11 is 0. The fourth-order valence-electron chi connectivity index (χ4n) is 2.78. The third-order valence-corrected chi connectivity index (χ3v) is 4.16. The topological polar surface area (TPSA) is 9.23 Å². The van der Waals surface area contributed by atoms with E-state index in [9.17, 15) is 0 Å². The first kappa shape index (κ1) is 20.3. The van der Waals surface area contributed by atoms with Crippen molar-refractivity contribution < 1.29 is 4.74 Å². The highest BCUT2D eigenvalue weighted by atomic mass is 16.5. The van der Waals surface area contributed by atoms with E-state index in [0.717, 1.165) is 12.2 Å². The normalized spacial score (nSPS) is 27.1. The van der Waals surface area contributed by atoms with Crippen molar-refractivity contribution in [3.8, 4) is 0 Å². The molecule has 1 heteroatoms. The van der Waals surface area contributed by atoms with Gasteiger partial charge in [-0.2, -0.15) is 0 Å². The maximum absolute atomic E-state index is 6.42. The third kappa shape index (κ3) is 6.78. The van der Waals surface area contributed by atoms with E-state index in [4.69, 9.17) is 4.74 Å². The Kier molecular flexibility index (Phi) is 6.66. The molecule has 1 aliphatic rings. The highest BCUT2D eigenvalue weighted by Crippen LogP contribution is 2.32. The van der Waals surface area contributed by atoms with E-state index in [-0.39, 0.29) is 10.8 Å². The summed E-state index contributed by atoms with van der Waals surface area (Å²) in [4.78, 5) is 0. The lowest BCUT2D eigenvalue weighted by atomic mass is 9.85. The second-order valence-electron chi connectivity index (χ2n) is 8.29. The molecule has 0 spiro atoms. The molecule has 0 N–H and O–H groups in total. The quantitative estimate of drug-likeness (QED) is 0.380. The smallest absolute Gasteiger partial charge is 0.142 e. The summed E-state index contributed by atoms with van der Waals surface area (Å²) in [7, 11) is 0. The van der Waals surface area contributed by atoms with Crippen LogP contribution in [0, 0.1) is 10.8 Å². The molecule has 1 nitrogen and oxygen atoms in total. The van der Waals surface area contributed by atoms with Crippen LogP contribution >= 0.6 is 0 Å². The number of ether oxygens (including phenoxy) is 1. The van der Waals surface area contributed by atoms with Gasteiger partial charge in [0.1, 0.15) is 5.60 Å². The van der Waals surface area contributed by atoms with Gasteiger partial charge in [-0.3, -0.25) is 0 Å². The number of allylic oxidation sites excluding steroid dienone is 7. The van der Waals surface area contributed by atoms with E-state index in [1.165, 1.54) is 5.57 Å². The number of hydrogen-bond acceptors (Lipinski definition) is 1. The Morgan fingerprint density at radius 2 is 1.88 bits per heavy atom. The molecule has 1 unspecified atom stereocenters. The van der Waals surface area contributed by atoms with E-state index in [0.29, 0.717) is 6.42 Å². The van der Waals surface area contributed by atoms with Crippen LogP contribution < -0.4 is 0 Å². The van der Waals surface area contributed by atoms with Gasteiger partial charge in [0.05, 0.1) is 5.76 Å². The molecule has 0 heterocycles. The van der Waals surface area contributed by atoms with Gasteiger partial charge in [0.25, 0.3) is 0 Å². The minimum absolute atomic E-state index is 0.111. The predicted octanol–water partition coefficient (Wildman–Crippen LogP) is 6.92. The van der Waals surface area contributed by atoms with Crippen molar-refractivity contribution in [3.63, 3.8) is 0 Å². The van der Waals surface area contributed by atoms with Gasteiger partial charge in [-0.1, -0.05) is 63.6 Å². The van der Waals surface area contributed by atoms with Crippen molar-refractivity contribution in [1.82, 2.24) is 0 Å².